The number of hydrogen-bond donors (Lipinski definition) is 2. The quantitative estimate of drug-likeness (QED) is 0.566. The van der Waals surface area contributed by atoms with Crippen LogP contribution in [-0.2, 0) is 16.4 Å². The van der Waals surface area contributed by atoms with E-state index in [1.165, 1.54) is 21.4 Å². The van der Waals surface area contributed by atoms with Crippen molar-refractivity contribution in [3.63, 3.8) is 0 Å². The zero-order valence-electron chi connectivity index (χ0n) is 15.8. The van der Waals surface area contributed by atoms with Gasteiger partial charge in [0.25, 0.3) is 11.5 Å². The molecule has 0 atom stereocenters. The summed E-state index contributed by atoms with van der Waals surface area (Å²) in [6.45, 7) is -0.0287. The third-order valence-corrected chi connectivity index (χ3v) is 5.51. The monoisotopic (exact) mass is 451 g/mol. The van der Waals surface area contributed by atoms with Gasteiger partial charge < -0.3 is 19.4 Å². The number of halogens is 1. The van der Waals surface area contributed by atoms with Gasteiger partial charge in [0.05, 0.1) is 12.3 Å². The third-order valence-electron chi connectivity index (χ3n) is 4.33. The molecule has 11 heteroatoms. The van der Waals surface area contributed by atoms with Crippen molar-refractivity contribution in [2.24, 2.45) is 0 Å². The lowest BCUT2D eigenvalue weighted by atomic mass is 10.2. The average Bonchev–Trinajstić information content (AvgIpc) is 2.65. The molecule has 0 aliphatic heterocycles. The fraction of sp³-hybridized carbons (Fsp3) is 0.211. The van der Waals surface area contributed by atoms with Crippen LogP contribution in [-0.4, -0.2) is 47.0 Å². The van der Waals surface area contributed by atoms with Gasteiger partial charge in [-0.2, -0.15) is 0 Å². The number of carbonyl (C=O) groups is 1. The van der Waals surface area contributed by atoms with E-state index in [1.807, 2.05) is 0 Å². The number of rotatable bonds is 6. The van der Waals surface area contributed by atoms with E-state index < -0.39 is 38.0 Å². The van der Waals surface area contributed by atoms with Gasteiger partial charge in [0.2, 0.25) is 5.43 Å². The van der Waals surface area contributed by atoms with Gasteiger partial charge in [0, 0.05) is 36.4 Å². The summed E-state index contributed by atoms with van der Waals surface area (Å²) in [6.07, 6.45) is 5.02. The molecule has 0 unspecified atom stereocenters. The van der Waals surface area contributed by atoms with Gasteiger partial charge in [0.15, 0.2) is 11.3 Å². The first kappa shape index (κ1) is 21.6. The molecule has 2 N–H and O–H groups in total. The van der Waals surface area contributed by atoms with Gasteiger partial charge in [-0.05, 0) is 17.7 Å². The summed E-state index contributed by atoms with van der Waals surface area (Å²) < 4.78 is 24.8. The van der Waals surface area contributed by atoms with E-state index >= 15 is 0 Å². The molecule has 0 bridgehead atoms. The Kier molecular flexibility index (Phi) is 5.99. The molecular weight excluding hydrogens is 434 g/mol. The minimum absolute atomic E-state index is 0.164. The van der Waals surface area contributed by atoms with E-state index in [1.54, 1.807) is 24.3 Å². The van der Waals surface area contributed by atoms with Gasteiger partial charge in [-0.1, -0.05) is 23.7 Å². The highest BCUT2D eigenvalue weighted by Crippen LogP contribution is 2.14. The number of carbonyl (C=O) groups excluding carboxylic acids is 1. The van der Waals surface area contributed by atoms with E-state index in [0.29, 0.717) is 5.02 Å². The first-order valence-electron chi connectivity index (χ1n) is 8.74. The Morgan fingerprint density at radius 1 is 1.23 bits per heavy atom. The fourth-order valence-electron chi connectivity index (χ4n) is 2.87. The zero-order valence-corrected chi connectivity index (χ0v) is 17.4. The maximum Gasteiger partial charge on any atom is 0.279 e. The molecule has 30 heavy (non-hydrogen) atoms. The molecule has 0 saturated carbocycles. The van der Waals surface area contributed by atoms with Crippen molar-refractivity contribution in [2.75, 3.05) is 18.6 Å². The van der Waals surface area contributed by atoms with Gasteiger partial charge in [-0.25, -0.2) is 8.42 Å². The molecule has 1 amide bonds. The van der Waals surface area contributed by atoms with Crippen molar-refractivity contribution in [2.45, 2.75) is 6.54 Å². The molecule has 3 aromatic rings. The molecular formula is C19H18ClN3O6S. The number of nitrogens with one attached hydrogen (secondary N) is 1. The average molecular weight is 452 g/mol. The van der Waals surface area contributed by atoms with E-state index in [9.17, 15) is 27.9 Å². The van der Waals surface area contributed by atoms with Gasteiger partial charge in [-0.3, -0.25) is 14.4 Å². The Hall–Kier alpha value is -3.11. The molecule has 9 nitrogen and oxygen atoms in total. The number of pyridine rings is 1. The topological polar surface area (TPSA) is 127 Å². The van der Waals surface area contributed by atoms with Gasteiger partial charge in [0.1, 0.15) is 15.4 Å². The standard InChI is InChI=1S/C19H18ClN3O6S/c1-30(28,29)8-5-21-18(26)14-11-22-6-7-23(10-12-3-2-4-13(20)9-12)19(27)15(22)17(25)16(14)24/h2-4,6-7,9,11,25H,5,8,10H2,1H3,(H,21,26). The molecule has 0 spiro atoms. The molecule has 2 heterocycles. The third kappa shape index (κ3) is 4.71. The molecule has 158 valence electrons. The maximum atomic E-state index is 12.8. The number of sulfone groups is 1. The Bertz CT molecular complexity index is 1360. The predicted molar refractivity (Wildman–Crippen MR) is 112 cm³/mol. The highest BCUT2D eigenvalue weighted by Gasteiger charge is 2.19. The second-order valence-electron chi connectivity index (χ2n) is 6.72. The van der Waals surface area contributed by atoms with E-state index in [-0.39, 0.29) is 24.4 Å². The van der Waals surface area contributed by atoms with Crippen LogP contribution in [0.2, 0.25) is 5.02 Å². The minimum Gasteiger partial charge on any atom is -0.503 e. The molecule has 0 saturated heterocycles. The summed E-state index contributed by atoms with van der Waals surface area (Å²) in [5.41, 5.74) is -1.60. The maximum absolute atomic E-state index is 12.8. The van der Waals surface area contributed by atoms with Crippen LogP contribution in [0.5, 0.6) is 5.75 Å². The SMILES string of the molecule is CS(=O)(=O)CCNC(=O)c1cn2ccn(Cc3cccc(Cl)c3)c(=O)c2c(O)c1=O. The molecule has 0 aliphatic rings. The summed E-state index contributed by atoms with van der Waals surface area (Å²) in [4.78, 5) is 37.5. The normalized spacial score (nSPS) is 11.5. The molecule has 0 aliphatic carbocycles. The number of aromatic hydroxyl groups is 1. The van der Waals surface area contributed by atoms with Gasteiger partial charge >= 0.3 is 0 Å². The minimum atomic E-state index is -3.29. The molecule has 3 rings (SSSR count). The Labute approximate surface area is 176 Å². The highest BCUT2D eigenvalue weighted by atomic mass is 35.5. The Morgan fingerprint density at radius 2 is 1.97 bits per heavy atom. The Balaban J connectivity index is 1.98. The number of nitrogens with zero attached hydrogens (tertiary/aromatic N) is 2. The molecule has 2 aromatic heterocycles. The van der Waals surface area contributed by atoms with Crippen LogP contribution < -0.4 is 16.3 Å². The van der Waals surface area contributed by atoms with Crippen molar-refractivity contribution in [3.05, 3.63) is 79.6 Å². The number of amides is 1. The molecule has 1 aromatic carbocycles. The number of hydrogen-bond acceptors (Lipinski definition) is 6. The lowest BCUT2D eigenvalue weighted by molar-refractivity contribution is 0.0954. The smallest absolute Gasteiger partial charge is 0.279 e. The van der Waals surface area contributed by atoms with Crippen molar-refractivity contribution in [1.82, 2.24) is 14.3 Å². The largest absolute Gasteiger partial charge is 0.503 e. The number of fused-ring (bicyclic) bond motifs is 1. The van der Waals surface area contributed by atoms with E-state index in [0.717, 1.165) is 18.0 Å². The van der Waals surface area contributed by atoms with Crippen LogP contribution in [0.1, 0.15) is 15.9 Å². The van der Waals surface area contributed by atoms with Crippen LogP contribution in [0.25, 0.3) is 5.52 Å². The van der Waals surface area contributed by atoms with Crippen LogP contribution in [0.4, 0.5) is 0 Å². The van der Waals surface area contributed by atoms with Crippen LogP contribution in [0.15, 0.2) is 52.4 Å². The van der Waals surface area contributed by atoms with E-state index in [4.69, 9.17) is 11.6 Å². The van der Waals surface area contributed by atoms with Crippen LogP contribution in [0, 0.1) is 0 Å². The first-order chi connectivity index (χ1) is 14.1. The fourth-order valence-corrected chi connectivity index (χ4v) is 3.55. The summed E-state index contributed by atoms with van der Waals surface area (Å²) in [7, 11) is -3.29. The van der Waals surface area contributed by atoms with Crippen LogP contribution in [0.3, 0.4) is 0 Å². The first-order valence-corrected chi connectivity index (χ1v) is 11.2. The van der Waals surface area contributed by atoms with Crippen LogP contribution >= 0.6 is 11.6 Å². The summed E-state index contributed by atoms with van der Waals surface area (Å²) in [6, 6.07) is 6.90. The van der Waals surface area contributed by atoms with Gasteiger partial charge in [-0.15, -0.1) is 0 Å². The second kappa shape index (κ2) is 8.33. The van der Waals surface area contributed by atoms with Crippen molar-refractivity contribution >= 4 is 32.9 Å². The van der Waals surface area contributed by atoms with E-state index in [2.05, 4.69) is 5.32 Å². The summed E-state index contributed by atoms with van der Waals surface area (Å²) in [5, 5.41) is 13.1. The number of benzene rings is 1. The second-order valence-corrected chi connectivity index (χ2v) is 9.42. The molecule has 0 fully saturated rings. The lowest BCUT2D eigenvalue weighted by Crippen LogP contribution is -2.33. The molecule has 0 radical (unpaired) electrons. The van der Waals surface area contributed by atoms with Crippen molar-refractivity contribution in [1.29, 1.82) is 0 Å². The Morgan fingerprint density at radius 3 is 2.63 bits per heavy atom. The predicted octanol–water partition coefficient (Wildman–Crippen LogP) is 0.643. The highest BCUT2D eigenvalue weighted by molar-refractivity contribution is 7.90. The number of aromatic nitrogens is 2. The zero-order chi connectivity index (χ0) is 22.1. The summed E-state index contributed by atoms with van der Waals surface area (Å²) in [5.74, 6) is -2.01. The summed E-state index contributed by atoms with van der Waals surface area (Å²) >= 11 is 5.96. The van der Waals surface area contributed by atoms with Crippen molar-refractivity contribution in [3.8, 4) is 5.75 Å². The van der Waals surface area contributed by atoms with Crippen molar-refractivity contribution < 1.29 is 18.3 Å². The lowest BCUT2D eigenvalue weighted by Gasteiger charge is -2.11.